The summed E-state index contributed by atoms with van der Waals surface area (Å²) in [7, 11) is 0. The maximum Gasteiger partial charge on any atom is 0.176 e. The van der Waals surface area contributed by atoms with Crippen LogP contribution < -0.4 is 9.80 Å². The fraction of sp³-hybridized carbons (Fsp3) is 0.333. The number of aryl methyl sites for hydroxylation is 2. The monoisotopic (exact) mass is 447 g/mol. The van der Waals surface area contributed by atoms with Gasteiger partial charge in [-0.15, -0.1) is 10.2 Å². The highest BCUT2D eigenvalue weighted by molar-refractivity contribution is 9.10. The van der Waals surface area contributed by atoms with E-state index < -0.39 is 0 Å². The Morgan fingerprint density at radius 3 is 2.22 bits per heavy atom. The molecule has 0 aliphatic carbocycles. The molecule has 4 heterocycles. The third-order valence-electron chi connectivity index (χ3n) is 4.55. The molecule has 0 saturated carbocycles. The Labute approximate surface area is 171 Å². The van der Waals surface area contributed by atoms with Crippen molar-refractivity contribution < 1.29 is 0 Å². The van der Waals surface area contributed by atoms with Crippen LogP contribution in [0.2, 0.25) is 5.02 Å². The average Bonchev–Trinajstić information content (AvgIpc) is 3.00. The van der Waals surface area contributed by atoms with Gasteiger partial charge in [0.15, 0.2) is 11.6 Å². The van der Waals surface area contributed by atoms with Crippen molar-refractivity contribution in [2.24, 2.45) is 0 Å². The van der Waals surface area contributed by atoms with Crippen molar-refractivity contribution >= 4 is 39.2 Å². The SMILES string of the molecule is Cc1cc(C)n(-c2ccc(N3CCN(c4ncc(Br)cc4Cl)CC3)nn2)n1. The summed E-state index contributed by atoms with van der Waals surface area (Å²) in [5.74, 6) is 2.43. The molecule has 0 N–H and O–H groups in total. The zero-order chi connectivity index (χ0) is 19.0. The zero-order valence-electron chi connectivity index (χ0n) is 15.1. The molecule has 1 aliphatic heterocycles. The molecule has 3 aromatic rings. The average molecular weight is 449 g/mol. The van der Waals surface area contributed by atoms with Crippen molar-refractivity contribution in [2.75, 3.05) is 36.0 Å². The van der Waals surface area contributed by atoms with Crippen molar-refractivity contribution in [3.63, 3.8) is 0 Å². The minimum atomic E-state index is 0.659. The standard InChI is InChI=1S/C18H19BrClN7/c1-12-9-13(2)27(24-12)17-4-3-16(22-23-17)25-5-7-26(8-6-25)18-15(20)10-14(19)11-21-18/h3-4,9-11H,5-8H2,1-2H3. The lowest BCUT2D eigenvalue weighted by Gasteiger charge is -2.36. The predicted octanol–water partition coefficient (Wildman–Crippen LogP) is 3.42. The van der Waals surface area contributed by atoms with E-state index in [1.807, 2.05) is 42.8 Å². The highest BCUT2D eigenvalue weighted by atomic mass is 79.9. The molecule has 0 amide bonds. The Morgan fingerprint density at radius 2 is 1.63 bits per heavy atom. The molecular weight excluding hydrogens is 430 g/mol. The Balaban J connectivity index is 1.44. The van der Waals surface area contributed by atoms with Crippen molar-refractivity contribution in [3.05, 3.63) is 51.3 Å². The topological polar surface area (TPSA) is 63.0 Å². The number of hydrogen-bond donors (Lipinski definition) is 0. The van der Waals surface area contributed by atoms with Crippen LogP contribution >= 0.6 is 27.5 Å². The van der Waals surface area contributed by atoms with E-state index in [9.17, 15) is 0 Å². The molecule has 0 unspecified atom stereocenters. The summed E-state index contributed by atoms with van der Waals surface area (Å²) >= 11 is 9.72. The minimum absolute atomic E-state index is 0.659. The second-order valence-corrected chi connectivity index (χ2v) is 7.84. The molecule has 0 bridgehead atoms. The van der Waals surface area contributed by atoms with Crippen LogP contribution in [-0.2, 0) is 0 Å². The van der Waals surface area contributed by atoms with E-state index in [0.717, 1.165) is 59.5 Å². The highest BCUT2D eigenvalue weighted by Crippen LogP contribution is 2.27. The second-order valence-electron chi connectivity index (χ2n) is 6.52. The van der Waals surface area contributed by atoms with E-state index >= 15 is 0 Å². The molecule has 27 heavy (non-hydrogen) atoms. The largest absolute Gasteiger partial charge is 0.352 e. The first-order valence-electron chi connectivity index (χ1n) is 8.69. The van der Waals surface area contributed by atoms with Gasteiger partial charge in [-0.3, -0.25) is 0 Å². The zero-order valence-corrected chi connectivity index (χ0v) is 17.4. The van der Waals surface area contributed by atoms with Gasteiger partial charge in [-0.2, -0.15) is 5.10 Å². The normalized spacial score (nSPS) is 14.7. The lowest BCUT2D eigenvalue weighted by Crippen LogP contribution is -2.47. The van der Waals surface area contributed by atoms with Crippen LogP contribution in [0.3, 0.4) is 0 Å². The summed E-state index contributed by atoms with van der Waals surface area (Å²) in [5, 5.41) is 13.9. The number of halogens is 2. The molecule has 0 aromatic carbocycles. The van der Waals surface area contributed by atoms with Crippen molar-refractivity contribution in [1.29, 1.82) is 0 Å². The van der Waals surface area contributed by atoms with E-state index in [-0.39, 0.29) is 0 Å². The van der Waals surface area contributed by atoms with Gasteiger partial charge in [-0.1, -0.05) is 11.6 Å². The Hall–Kier alpha value is -2.19. The molecule has 0 atom stereocenters. The van der Waals surface area contributed by atoms with Gasteiger partial charge in [0.05, 0.1) is 10.7 Å². The van der Waals surface area contributed by atoms with Crippen LogP contribution in [0.25, 0.3) is 5.82 Å². The van der Waals surface area contributed by atoms with Gasteiger partial charge in [0.2, 0.25) is 0 Å². The maximum atomic E-state index is 6.33. The first kappa shape index (κ1) is 18.2. The summed E-state index contributed by atoms with van der Waals surface area (Å²) < 4.78 is 2.69. The van der Waals surface area contributed by atoms with E-state index in [4.69, 9.17) is 11.6 Å². The molecule has 1 saturated heterocycles. The maximum absolute atomic E-state index is 6.33. The Morgan fingerprint density at radius 1 is 0.963 bits per heavy atom. The smallest absolute Gasteiger partial charge is 0.176 e. The molecular formula is C18H19BrClN7. The first-order valence-corrected chi connectivity index (χ1v) is 9.86. The van der Waals surface area contributed by atoms with E-state index in [2.05, 4.69) is 46.0 Å². The summed E-state index contributed by atoms with van der Waals surface area (Å²) in [4.78, 5) is 8.87. The molecule has 140 valence electrons. The van der Waals surface area contributed by atoms with Gasteiger partial charge >= 0.3 is 0 Å². The predicted molar refractivity (Wildman–Crippen MR) is 110 cm³/mol. The van der Waals surface area contributed by atoms with Crippen LogP contribution in [0.1, 0.15) is 11.4 Å². The van der Waals surface area contributed by atoms with Crippen molar-refractivity contribution in [1.82, 2.24) is 25.0 Å². The number of aromatic nitrogens is 5. The quantitative estimate of drug-likeness (QED) is 0.612. The number of nitrogens with zero attached hydrogens (tertiary/aromatic N) is 7. The third kappa shape index (κ3) is 3.77. The molecule has 0 radical (unpaired) electrons. The van der Waals surface area contributed by atoms with Gasteiger partial charge < -0.3 is 9.80 Å². The van der Waals surface area contributed by atoms with Crippen LogP contribution in [-0.4, -0.2) is 51.1 Å². The fourth-order valence-electron chi connectivity index (χ4n) is 3.25. The second kappa shape index (κ2) is 7.44. The Kier molecular flexibility index (Phi) is 5.01. The highest BCUT2D eigenvalue weighted by Gasteiger charge is 2.21. The molecule has 1 fully saturated rings. The minimum Gasteiger partial charge on any atom is -0.352 e. The van der Waals surface area contributed by atoms with Gasteiger partial charge in [0.1, 0.15) is 5.82 Å². The number of piperazine rings is 1. The van der Waals surface area contributed by atoms with Crippen molar-refractivity contribution in [2.45, 2.75) is 13.8 Å². The number of hydrogen-bond acceptors (Lipinski definition) is 6. The summed E-state index contributed by atoms with van der Waals surface area (Å²) in [5.41, 5.74) is 2.01. The Bertz CT molecular complexity index is 949. The van der Waals surface area contributed by atoms with Gasteiger partial charge in [0.25, 0.3) is 0 Å². The van der Waals surface area contributed by atoms with Gasteiger partial charge in [-0.05, 0) is 54.0 Å². The van der Waals surface area contributed by atoms with Crippen LogP contribution in [0.15, 0.2) is 34.9 Å². The van der Waals surface area contributed by atoms with Crippen LogP contribution in [0, 0.1) is 13.8 Å². The summed E-state index contributed by atoms with van der Waals surface area (Å²) in [6.45, 7) is 7.31. The molecule has 9 heteroatoms. The molecule has 3 aromatic heterocycles. The van der Waals surface area contributed by atoms with Gasteiger partial charge in [0, 0.05) is 42.5 Å². The number of anilines is 2. The van der Waals surface area contributed by atoms with E-state index in [1.165, 1.54) is 0 Å². The first-order chi connectivity index (χ1) is 13.0. The lowest BCUT2D eigenvalue weighted by atomic mass is 10.3. The van der Waals surface area contributed by atoms with Crippen LogP contribution in [0.4, 0.5) is 11.6 Å². The van der Waals surface area contributed by atoms with Crippen molar-refractivity contribution in [3.8, 4) is 5.82 Å². The van der Waals surface area contributed by atoms with Crippen LogP contribution in [0.5, 0.6) is 0 Å². The summed E-state index contributed by atoms with van der Waals surface area (Å²) in [6.07, 6.45) is 1.77. The molecule has 7 nitrogen and oxygen atoms in total. The summed E-state index contributed by atoms with van der Waals surface area (Å²) in [6, 6.07) is 7.86. The van der Waals surface area contributed by atoms with E-state index in [1.54, 1.807) is 6.20 Å². The molecule has 0 spiro atoms. The van der Waals surface area contributed by atoms with E-state index in [0.29, 0.717) is 5.02 Å². The lowest BCUT2D eigenvalue weighted by molar-refractivity contribution is 0.636. The fourth-order valence-corrected chi connectivity index (χ4v) is 4.00. The third-order valence-corrected chi connectivity index (χ3v) is 5.27. The number of pyridine rings is 1. The van der Waals surface area contributed by atoms with Gasteiger partial charge in [-0.25, -0.2) is 9.67 Å². The molecule has 4 rings (SSSR count). The molecule has 1 aliphatic rings. The number of rotatable bonds is 3.